The first-order chi connectivity index (χ1) is 16.0. The van der Waals surface area contributed by atoms with Gasteiger partial charge in [-0.1, -0.05) is 31.5 Å². The molecule has 176 valence electrons. The van der Waals surface area contributed by atoms with E-state index < -0.39 is 14.9 Å². The van der Waals surface area contributed by atoms with E-state index in [0.29, 0.717) is 25.7 Å². The summed E-state index contributed by atoms with van der Waals surface area (Å²) in [5.74, 6) is 0.531. The topological polar surface area (TPSA) is 104 Å². The molecule has 4 aromatic rings. The zero-order valence-corrected chi connectivity index (χ0v) is 22.3. The molecule has 0 saturated carbocycles. The Kier molecular flexibility index (Phi) is 6.54. The summed E-state index contributed by atoms with van der Waals surface area (Å²) in [7, 11) is -3.84. The number of halogens is 2. The minimum absolute atomic E-state index is 0.00225. The number of fused-ring (bicyclic) bond motifs is 1. The molecule has 0 N–H and O–H groups in total. The fraction of sp³-hybridized carbons (Fsp3) is 0.174. The van der Waals surface area contributed by atoms with Crippen LogP contribution in [0.15, 0.2) is 68.6 Å². The molecule has 0 fully saturated rings. The first kappa shape index (κ1) is 24.4. The van der Waals surface area contributed by atoms with E-state index in [9.17, 15) is 18.5 Å². The van der Waals surface area contributed by atoms with Crippen molar-refractivity contribution in [1.82, 2.24) is 8.96 Å². The maximum Gasteiger partial charge on any atom is 0.271 e. The number of hydrogen-bond acceptors (Lipinski definition) is 6. The minimum atomic E-state index is -3.84. The van der Waals surface area contributed by atoms with Crippen LogP contribution in [0.4, 0.5) is 5.69 Å². The van der Waals surface area contributed by atoms with Crippen LogP contribution in [0.5, 0.6) is 11.6 Å². The van der Waals surface area contributed by atoms with Gasteiger partial charge in [-0.25, -0.2) is 17.4 Å². The highest BCUT2D eigenvalue weighted by Crippen LogP contribution is 2.40. The molecule has 0 aliphatic heterocycles. The second-order valence-electron chi connectivity index (χ2n) is 7.97. The number of nitrogens with zero attached hydrogens (tertiary/aromatic N) is 3. The zero-order valence-electron chi connectivity index (χ0n) is 18.3. The van der Waals surface area contributed by atoms with E-state index in [0.717, 1.165) is 11.1 Å². The molecule has 0 aliphatic rings. The average molecular weight is 609 g/mol. The number of aryl methyl sites for hydroxylation is 1. The van der Waals surface area contributed by atoms with Crippen molar-refractivity contribution in [2.24, 2.45) is 0 Å². The number of rotatable bonds is 6. The van der Waals surface area contributed by atoms with Gasteiger partial charge in [0.15, 0.2) is 5.75 Å². The van der Waals surface area contributed by atoms with Crippen LogP contribution >= 0.6 is 31.9 Å². The fourth-order valence-electron chi connectivity index (χ4n) is 3.44. The number of nitro benzene ring substituents is 1. The lowest BCUT2D eigenvalue weighted by atomic mass is 10.1. The lowest BCUT2D eigenvalue weighted by Crippen LogP contribution is -2.12. The normalized spacial score (nSPS) is 11.8. The van der Waals surface area contributed by atoms with Gasteiger partial charge in [-0.05, 0) is 62.9 Å². The third-order valence-electron chi connectivity index (χ3n) is 5.22. The molecule has 0 saturated heterocycles. The summed E-state index contributed by atoms with van der Waals surface area (Å²) in [6, 6.07) is 12.6. The smallest absolute Gasteiger partial charge is 0.271 e. The number of pyridine rings is 1. The van der Waals surface area contributed by atoms with Crippen molar-refractivity contribution in [3.05, 3.63) is 84.9 Å². The fourth-order valence-corrected chi connectivity index (χ4v) is 6.13. The van der Waals surface area contributed by atoms with Gasteiger partial charge in [0.05, 0.1) is 29.8 Å². The van der Waals surface area contributed by atoms with Gasteiger partial charge < -0.3 is 4.74 Å². The standard InChI is InChI=1S/C23H19Br2N3O5S/c1-13(2)17-12-27(34(31,32)16-6-4-14(3)5-7-16)20-8-9-21(26-22(17)20)33-23-18(24)10-15(28(29)30)11-19(23)25/h4-13H,1-3H3. The third kappa shape index (κ3) is 4.47. The van der Waals surface area contributed by atoms with Crippen molar-refractivity contribution in [3.8, 4) is 11.6 Å². The molecule has 0 aliphatic carbocycles. The summed E-state index contributed by atoms with van der Waals surface area (Å²) < 4.78 is 34.7. The predicted molar refractivity (Wildman–Crippen MR) is 136 cm³/mol. The molecule has 0 atom stereocenters. The maximum atomic E-state index is 13.4. The van der Waals surface area contributed by atoms with Crippen LogP contribution in [0.2, 0.25) is 0 Å². The highest BCUT2D eigenvalue weighted by molar-refractivity contribution is 9.11. The summed E-state index contributed by atoms with van der Waals surface area (Å²) in [6.45, 7) is 5.80. The van der Waals surface area contributed by atoms with Gasteiger partial charge >= 0.3 is 0 Å². The van der Waals surface area contributed by atoms with Crippen molar-refractivity contribution >= 4 is 58.6 Å². The lowest BCUT2D eigenvalue weighted by Gasteiger charge is -2.10. The van der Waals surface area contributed by atoms with E-state index in [-0.39, 0.29) is 22.4 Å². The number of nitro groups is 1. The Morgan fingerprint density at radius 1 is 1.06 bits per heavy atom. The van der Waals surface area contributed by atoms with Crippen LogP contribution in [0, 0.1) is 17.0 Å². The monoisotopic (exact) mass is 607 g/mol. The van der Waals surface area contributed by atoms with Crippen LogP contribution in [0.1, 0.15) is 30.9 Å². The van der Waals surface area contributed by atoms with Gasteiger partial charge in [-0.15, -0.1) is 0 Å². The molecule has 0 bridgehead atoms. The predicted octanol–water partition coefficient (Wildman–Crippen LogP) is 6.93. The number of ether oxygens (including phenoxy) is 1. The number of aromatic nitrogens is 2. The first-order valence-corrected chi connectivity index (χ1v) is 13.2. The lowest BCUT2D eigenvalue weighted by molar-refractivity contribution is -0.385. The van der Waals surface area contributed by atoms with Crippen molar-refractivity contribution < 1.29 is 18.1 Å². The van der Waals surface area contributed by atoms with Crippen molar-refractivity contribution in [2.45, 2.75) is 31.6 Å². The average Bonchev–Trinajstić information content (AvgIpc) is 3.16. The molecule has 2 aromatic heterocycles. The number of hydrogen-bond donors (Lipinski definition) is 0. The summed E-state index contributed by atoms with van der Waals surface area (Å²) in [4.78, 5) is 15.4. The van der Waals surface area contributed by atoms with Gasteiger partial charge in [0.1, 0.15) is 0 Å². The van der Waals surface area contributed by atoms with E-state index in [1.807, 2.05) is 20.8 Å². The third-order valence-corrected chi connectivity index (χ3v) is 8.08. The van der Waals surface area contributed by atoms with Crippen LogP contribution in [0.25, 0.3) is 11.0 Å². The van der Waals surface area contributed by atoms with Crippen molar-refractivity contribution in [3.63, 3.8) is 0 Å². The summed E-state index contributed by atoms with van der Waals surface area (Å²) in [5.41, 5.74) is 2.54. The first-order valence-electron chi connectivity index (χ1n) is 10.1. The van der Waals surface area contributed by atoms with Crippen LogP contribution in [0.3, 0.4) is 0 Å². The van der Waals surface area contributed by atoms with Crippen LogP contribution in [-0.2, 0) is 10.0 Å². The van der Waals surface area contributed by atoms with Crippen molar-refractivity contribution in [2.75, 3.05) is 0 Å². The Bertz CT molecular complexity index is 1510. The zero-order chi connectivity index (χ0) is 24.8. The Hall–Kier alpha value is -2.76. The Balaban J connectivity index is 1.82. The maximum absolute atomic E-state index is 13.4. The van der Waals surface area contributed by atoms with Gasteiger partial charge in [0.2, 0.25) is 5.88 Å². The number of benzene rings is 2. The van der Waals surface area contributed by atoms with E-state index in [2.05, 4.69) is 36.8 Å². The van der Waals surface area contributed by atoms with Gasteiger partial charge in [0.25, 0.3) is 15.7 Å². The second-order valence-corrected chi connectivity index (χ2v) is 11.5. The Morgan fingerprint density at radius 3 is 2.24 bits per heavy atom. The molecule has 2 heterocycles. The molecule has 34 heavy (non-hydrogen) atoms. The minimum Gasteiger partial charge on any atom is -0.437 e. The number of non-ortho nitro benzene ring substituents is 1. The molecule has 8 nitrogen and oxygen atoms in total. The van der Waals surface area contributed by atoms with Crippen molar-refractivity contribution in [1.29, 1.82) is 0 Å². The van der Waals surface area contributed by atoms with E-state index in [1.165, 1.54) is 16.1 Å². The SMILES string of the molecule is Cc1ccc(S(=O)(=O)n2cc(C(C)C)c3nc(Oc4c(Br)cc([N+](=O)[O-])cc4Br)ccc32)cc1. The van der Waals surface area contributed by atoms with Gasteiger partial charge in [-0.3, -0.25) is 10.1 Å². The molecule has 0 spiro atoms. The van der Waals surface area contributed by atoms with Crippen LogP contribution in [-0.4, -0.2) is 22.3 Å². The van der Waals surface area contributed by atoms with Gasteiger partial charge in [0, 0.05) is 30.0 Å². The Labute approximate surface area is 213 Å². The summed E-state index contributed by atoms with van der Waals surface area (Å²) in [5, 5.41) is 11.1. The van der Waals surface area contributed by atoms with E-state index >= 15 is 0 Å². The molecule has 4 rings (SSSR count). The largest absolute Gasteiger partial charge is 0.437 e. The molecule has 0 radical (unpaired) electrons. The Morgan fingerprint density at radius 2 is 1.68 bits per heavy atom. The van der Waals surface area contributed by atoms with Crippen LogP contribution < -0.4 is 4.74 Å². The molecule has 0 unspecified atom stereocenters. The molecule has 2 aromatic carbocycles. The molecular weight excluding hydrogens is 590 g/mol. The molecule has 11 heteroatoms. The second kappa shape index (κ2) is 9.12. The highest BCUT2D eigenvalue weighted by atomic mass is 79.9. The summed E-state index contributed by atoms with van der Waals surface area (Å²) >= 11 is 6.60. The summed E-state index contributed by atoms with van der Waals surface area (Å²) in [6.07, 6.45) is 1.60. The van der Waals surface area contributed by atoms with Gasteiger partial charge in [-0.2, -0.15) is 0 Å². The molecule has 0 amide bonds. The van der Waals surface area contributed by atoms with E-state index in [4.69, 9.17) is 4.74 Å². The highest BCUT2D eigenvalue weighted by Gasteiger charge is 2.24. The molecular formula is C23H19Br2N3O5S. The quantitative estimate of drug-likeness (QED) is 0.174. The van der Waals surface area contributed by atoms with E-state index in [1.54, 1.807) is 42.6 Å².